The number of hydrogen-bond donors (Lipinski definition) is 2. The Morgan fingerprint density at radius 3 is 2.58 bits per heavy atom. The van der Waals surface area contributed by atoms with E-state index < -0.39 is 23.8 Å². The van der Waals surface area contributed by atoms with Gasteiger partial charge in [-0.2, -0.15) is 0 Å². The van der Waals surface area contributed by atoms with Crippen LogP contribution in [0.2, 0.25) is 0 Å². The third-order valence-electron chi connectivity index (χ3n) is 4.69. The van der Waals surface area contributed by atoms with Crippen LogP contribution in [0.15, 0.2) is 24.3 Å². The SMILES string of the molecule is Cc1nc(C(=O)N[C@H]2CCCCC[C@H]2C(=O)O)nn1-c1ccc(F)cc1. The van der Waals surface area contributed by atoms with Gasteiger partial charge in [-0.1, -0.05) is 19.3 Å². The van der Waals surface area contributed by atoms with E-state index in [1.165, 1.54) is 16.8 Å². The summed E-state index contributed by atoms with van der Waals surface area (Å²) in [7, 11) is 0. The van der Waals surface area contributed by atoms with Crippen molar-refractivity contribution in [2.75, 3.05) is 0 Å². The molecule has 26 heavy (non-hydrogen) atoms. The summed E-state index contributed by atoms with van der Waals surface area (Å²) in [4.78, 5) is 28.2. The summed E-state index contributed by atoms with van der Waals surface area (Å²) in [5.74, 6) is -1.89. The quantitative estimate of drug-likeness (QED) is 0.817. The molecule has 3 rings (SSSR count). The summed E-state index contributed by atoms with van der Waals surface area (Å²) in [6.07, 6.45) is 3.87. The van der Waals surface area contributed by atoms with E-state index in [4.69, 9.17) is 0 Å². The molecular weight excluding hydrogens is 339 g/mol. The second-order valence-corrected chi connectivity index (χ2v) is 6.53. The van der Waals surface area contributed by atoms with Gasteiger partial charge in [-0.05, 0) is 44.0 Å². The van der Waals surface area contributed by atoms with Gasteiger partial charge in [-0.25, -0.2) is 14.1 Å². The zero-order valence-corrected chi connectivity index (χ0v) is 14.5. The molecule has 1 aliphatic rings. The minimum atomic E-state index is -0.891. The van der Waals surface area contributed by atoms with E-state index in [1.807, 2.05) is 0 Å². The summed E-state index contributed by atoms with van der Waals surface area (Å²) in [5.41, 5.74) is 0.591. The standard InChI is InChI=1S/C18H21FN4O3/c1-11-20-16(22-23(11)13-9-7-12(19)8-10-13)17(24)21-15-6-4-2-3-5-14(15)18(25)26/h7-10,14-15H,2-6H2,1H3,(H,21,24)(H,25,26)/t14-,15+/m1/s1. The maximum atomic E-state index is 13.1. The van der Waals surface area contributed by atoms with Crippen LogP contribution in [0.3, 0.4) is 0 Å². The van der Waals surface area contributed by atoms with Gasteiger partial charge in [0, 0.05) is 6.04 Å². The zero-order valence-electron chi connectivity index (χ0n) is 14.5. The molecule has 1 saturated carbocycles. The Kier molecular flexibility index (Phi) is 5.29. The van der Waals surface area contributed by atoms with Crippen LogP contribution < -0.4 is 5.32 Å². The molecule has 1 aromatic carbocycles. The molecule has 1 aliphatic carbocycles. The topological polar surface area (TPSA) is 97.1 Å². The molecule has 138 valence electrons. The maximum absolute atomic E-state index is 13.1. The molecule has 2 aromatic rings. The lowest BCUT2D eigenvalue weighted by Gasteiger charge is -2.22. The van der Waals surface area contributed by atoms with Crippen LogP contribution in [0.25, 0.3) is 5.69 Å². The van der Waals surface area contributed by atoms with Crippen molar-refractivity contribution in [3.63, 3.8) is 0 Å². The summed E-state index contributed by atoms with van der Waals surface area (Å²) in [5, 5.41) is 16.4. The van der Waals surface area contributed by atoms with Crippen LogP contribution in [0.4, 0.5) is 4.39 Å². The largest absolute Gasteiger partial charge is 0.481 e. The number of halogens is 1. The van der Waals surface area contributed by atoms with Gasteiger partial charge in [0.2, 0.25) is 5.82 Å². The molecule has 1 aromatic heterocycles. The van der Waals surface area contributed by atoms with E-state index in [2.05, 4.69) is 15.4 Å². The number of amides is 1. The highest BCUT2D eigenvalue weighted by Gasteiger charge is 2.31. The number of carboxylic acid groups (broad SMARTS) is 1. The van der Waals surface area contributed by atoms with Crippen LogP contribution in [0, 0.1) is 18.7 Å². The van der Waals surface area contributed by atoms with Crippen LogP contribution in [-0.2, 0) is 4.79 Å². The average molecular weight is 360 g/mol. The zero-order chi connectivity index (χ0) is 18.7. The lowest BCUT2D eigenvalue weighted by atomic mass is 9.95. The third kappa shape index (κ3) is 3.89. The van der Waals surface area contributed by atoms with Crippen molar-refractivity contribution >= 4 is 11.9 Å². The number of rotatable bonds is 4. The van der Waals surface area contributed by atoms with Crippen LogP contribution in [-0.4, -0.2) is 37.8 Å². The van der Waals surface area contributed by atoms with Gasteiger partial charge in [-0.15, -0.1) is 5.10 Å². The van der Waals surface area contributed by atoms with Gasteiger partial charge in [0.1, 0.15) is 11.6 Å². The van der Waals surface area contributed by atoms with Crippen molar-refractivity contribution in [1.82, 2.24) is 20.1 Å². The summed E-state index contributed by atoms with van der Waals surface area (Å²) >= 11 is 0. The van der Waals surface area contributed by atoms with Crippen molar-refractivity contribution in [3.8, 4) is 5.69 Å². The van der Waals surface area contributed by atoms with E-state index in [1.54, 1.807) is 19.1 Å². The van der Waals surface area contributed by atoms with Crippen molar-refractivity contribution < 1.29 is 19.1 Å². The number of carbonyl (C=O) groups excluding carboxylic acids is 1. The van der Waals surface area contributed by atoms with Gasteiger partial charge in [0.05, 0.1) is 11.6 Å². The number of carboxylic acids is 1. The van der Waals surface area contributed by atoms with Gasteiger partial charge >= 0.3 is 5.97 Å². The maximum Gasteiger partial charge on any atom is 0.308 e. The van der Waals surface area contributed by atoms with Gasteiger partial charge in [-0.3, -0.25) is 9.59 Å². The molecule has 7 nitrogen and oxygen atoms in total. The highest BCUT2D eigenvalue weighted by Crippen LogP contribution is 2.24. The van der Waals surface area contributed by atoms with Gasteiger partial charge in [0.25, 0.3) is 5.91 Å². The molecule has 1 heterocycles. The first-order chi connectivity index (χ1) is 12.5. The number of nitrogens with zero attached hydrogens (tertiary/aromatic N) is 3. The first-order valence-corrected chi connectivity index (χ1v) is 8.69. The van der Waals surface area contributed by atoms with Crippen molar-refractivity contribution in [3.05, 3.63) is 41.7 Å². The van der Waals surface area contributed by atoms with Crippen molar-refractivity contribution in [1.29, 1.82) is 0 Å². The fourth-order valence-electron chi connectivity index (χ4n) is 3.32. The molecule has 0 spiro atoms. The number of aryl methyl sites for hydroxylation is 1. The Morgan fingerprint density at radius 1 is 1.19 bits per heavy atom. The van der Waals surface area contributed by atoms with E-state index in [9.17, 15) is 19.1 Å². The predicted octanol–water partition coefficient (Wildman–Crippen LogP) is 2.48. The fraction of sp³-hybridized carbons (Fsp3) is 0.444. The second kappa shape index (κ2) is 7.63. The van der Waals surface area contributed by atoms with Crippen molar-refractivity contribution in [2.45, 2.75) is 45.1 Å². The molecule has 0 radical (unpaired) electrons. The first-order valence-electron chi connectivity index (χ1n) is 8.69. The van der Waals surface area contributed by atoms with Gasteiger partial charge < -0.3 is 10.4 Å². The Bertz CT molecular complexity index is 803. The molecule has 2 atom stereocenters. The molecule has 8 heteroatoms. The highest BCUT2D eigenvalue weighted by atomic mass is 19.1. The molecule has 1 fully saturated rings. The van der Waals surface area contributed by atoms with E-state index >= 15 is 0 Å². The average Bonchev–Trinajstić information content (AvgIpc) is 2.84. The number of hydrogen-bond acceptors (Lipinski definition) is 4. The molecule has 0 unspecified atom stereocenters. The first kappa shape index (κ1) is 18.0. The Balaban J connectivity index is 1.78. The lowest BCUT2D eigenvalue weighted by Crippen LogP contribution is -2.43. The van der Waals surface area contributed by atoms with Crippen LogP contribution in [0.5, 0.6) is 0 Å². The lowest BCUT2D eigenvalue weighted by molar-refractivity contribution is -0.142. The molecule has 0 saturated heterocycles. The van der Waals surface area contributed by atoms with E-state index in [0.717, 1.165) is 19.3 Å². The van der Waals surface area contributed by atoms with E-state index in [0.29, 0.717) is 24.4 Å². The van der Waals surface area contributed by atoms with Crippen LogP contribution in [0.1, 0.15) is 48.5 Å². The summed E-state index contributed by atoms with van der Waals surface area (Å²) in [6, 6.07) is 5.27. The monoisotopic (exact) mass is 360 g/mol. The summed E-state index contributed by atoms with van der Waals surface area (Å²) in [6.45, 7) is 1.69. The Hall–Kier alpha value is -2.77. The second-order valence-electron chi connectivity index (χ2n) is 6.53. The molecule has 0 bridgehead atoms. The third-order valence-corrected chi connectivity index (χ3v) is 4.69. The highest BCUT2D eigenvalue weighted by molar-refractivity contribution is 5.91. The van der Waals surface area contributed by atoms with Crippen molar-refractivity contribution in [2.24, 2.45) is 5.92 Å². The number of nitrogens with one attached hydrogen (secondary N) is 1. The summed E-state index contributed by atoms with van der Waals surface area (Å²) < 4.78 is 14.5. The minimum absolute atomic E-state index is 0.0276. The van der Waals surface area contributed by atoms with Crippen LogP contribution >= 0.6 is 0 Å². The molecular formula is C18H21FN4O3. The molecule has 0 aliphatic heterocycles. The Morgan fingerprint density at radius 2 is 1.88 bits per heavy atom. The van der Waals surface area contributed by atoms with E-state index in [-0.39, 0.29) is 11.6 Å². The normalized spacial score (nSPS) is 20.4. The number of aromatic nitrogens is 3. The minimum Gasteiger partial charge on any atom is -0.481 e. The number of benzene rings is 1. The fourth-order valence-corrected chi connectivity index (χ4v) is 3.32. The smallest absolute Gasteiger partial charge is 0.308 e. The molecule has 2 N–H and O–H groups in total. The Labute approximate surface area is 150 Å². The van der Waals surface area contributed by atoms with Gasteiger partial charge in [0.15, 0.2) is 0 Å². The number of aliphatic carboxylic acids is 1. The predicted molar refractivity (Wildman–Crippen MR) is 91.5 cm³/mol. The molecule has 1 amide bonds. The number of carbonyl (C=O) groups is 2.